The fourth-order valence-electron chi connectivity index (χ4n) is 2.18. The standard InChI is InChI=1S/C17H22N4O3S2/c1-3-23-13-8-7-12(9-14(13)24-4-2)18-15(22)10-25-17-21-20-16(26-17)19-11-5-6-11/h7-9,11H,3-6,10H2,1-2H3,(H,18,22)(H,19,20). The van der Waals surface area contributed by atoms with Gasteiger partial charge in [-0.05, 0) is 38.8 Å². The van der Waals surface area contributed by atoms with Crippen molar-refractivity contribution in [1.82, 2.24) is 10.2 Å². The van der Waals surface area contributed by atoms with Crippen LogP contribution in [-0.2, 0) is 4.79 Å². The number of hydrogen-bond acceptors (Lipinski definition) is 8. The van der Waals surface area contributed by atoms with E-state index < -0.39 is 0 Å². The van der Waals surface area contributed by atoms with E-state index in [4.69, 9.17) is 9.47 Å². The van der Waals surface area contributed by atoms with E-state index in [9.17, 15) is 4.79 Å². The van der Waals surface area contributed by atoms with Crippen molar-refractivity contribution in [3.8, 4) is 11.5 Å². The molecular weight excluding hydrogens is 372 g/mol. The Morgan fingerprint density at radius 1 is 1.23 bits per heavy atom. The number of rotatable bonds is 10. The summed E-state index contributed by atoms with van der Waals surface area (Å²) in [6.45, 7) is 4.91. The molecule has 1 heterocycles. The van der Waals surface area contributed by atoms with Gasteiger partial charge in [0.25, 0.3) is 0 Å². The summed E-state index contributed by atoms with van der Waals surface area (Å²) in [5.41, 5.74) is 0.677. The average molecular weight is 395 g/mol. The Hall–Kier alpha value is -2.00. The van der Waals surface area contributed by atoms with Crippen LogP contribution in [0, 0.1) is 0 Å². The largest absolute Gasteiger partial charge is 0.490 e. The van der Waals surface area contributed by atoms with Gasteiger partial charge in [-0.3, -0.25) is 4.79 Å². The summed E-state index contributed by atoms with van der Waals surface area (Å²) in [7, 11) is 0. The van der Waals surface area contributed by atoms with Crippen molar-refractivity contribution in [3.05, 3.63) is 18.2 Å². The Balaban J connectivity index is 1.52. The average Bonchev–Trinajstić information content (AvgIpc) is 3.32. The third-order valence-corrected chi connectivity index (χ3v) is 5.45. The molecule has 1 aliphatic rings. The summed E-state index contributed by atoms with van der Waals surface area (Å²) >= 11 is 2.86. The zero-order valence-corrected chi connectivity index (χ0v) is 16.4. The maximum absolute atomic E-state index is 12.2. The van der Waals surface area contributed by atoms with E-state index in [1.165, 1.54) is 35.9 Å². The third-order valence-electron chi connectivity index (χ3n) is 3.47. The molecule has 0 aliphatic heterocycles. The zero-order valence-electron chi connectivity index (χ0n) is 14.8. The molecule has 26 heavy (non-hydrogen) atoms. The normalized spacial score (nSPS) is 13.3. The molecule has 0 unspecified atom stereocenters. The minimum absolute atomic E-state index is 0.103. The maximum atomic E-state index is 12.2. The van der Waals surface area contributed by atoms with E-state index in [1.54, 1.807) is 18.2 Å². The Morgan fingerprint density at radius 2 is 2.00 bits per heavy atom. The number of benzene rings is 1. The van der Waals surface area contributed by atoms with E-state index in [0.717, 1.165) is 9.47 Å². The number of carbonyl (C=O) groups excluding carboxylic acids is 1. The Kier molecular flexibility index (Phi) is 6.56. The van der Waals surface area contributed by atoms with Gasteiger partial charge in [-0.25, -0.2) is 0 Å². The molecule has 1 saturated carbocycles. The summed E-state index contributed by atoms with van der Waals surface area (Å²) in [5, 5.41) is 15.2. The quantitative estimate of drug-likeness (QED) is 0.595. The minimum atomic E-state index is -0.103. The summed E-state index contributed by atoms with van der Waals surface area (Å²) in [4.78, 5) is 12.2. The van der Waals surface area contributed by atoms with Crippen LogP contribution in [0.2, 0.25) is 0 Å². The van der Waals surface area contributed by atoms with E-state index in [0.29, 0.717) is 36.4 Å². The lowest BCUT2D eigenvalue weighted by molar-refractivity contribution is -0.113. The smallest absolute Gasteiger partial charge is 0.234 e. The number of ether oxygens (including phenoxy) is 2. The first-order valence-corrected chi connectivity index (χ1v) is 10.4. The molecule has 2 N–H and O–H groups in total. The monoisotopic (exact) mass is 394 g/mol. The highest BCUT2D eigenvalue weighted by molar-refractivity contribution is 8.01. The second kappa shape index (κ2) is 9.09. The van der Waals surface area contributed by atoms with Crippen LogP contribution in [0.25, 0.3) is 0 Å². The molecule has 1 amide bonds. The van der Waals surface area contributed by atoms with E-state index in [2.05, 4.69) is 20.8 Å². The number of nitrogens with one attached hydrogen (secondary N) is 2. The Morgan fingerprint density at radius 3 is 2.73 bits per heavy atom. The van der Waals surface area contributed by atoms with Gasteiger partial charge in [-0.2, -0.15) is 0 Å². The van der Waals surface area contributed by atoms with Crippen LogP contribution in [-0.4, -0.2) is 41.1 Å². The molecule has 0 saturated heterocycles. The number of nitrogens with zero attached hydrogens (tertiary/aromatic N) is 2. The van der Waals surface area contributed by atoms with Gasteiger partial charge in [0.15, 0.2) is 15.8 Å². The summed E-state index contributed by atoms with van der Waals surface area (Å²) in [6, 6.07) is 5.93. The molecule has 1 aromatic carbocycles. The Labute approximate surface area is 160 Å². The minimum Gasteiger partial charge on any atom is -0.490 e. The lowest BCUT2D eigenvalue weighted by Gasteiger charge is -2.12. The van der Waals surface area contributed by atoms with Crippen molar-refractivity contribution in [2.75, 3.05) is 29.6 Å². The van der Waals surface area contributed by atoms with E-state index in [1.807, 2.05) is 13.8 Å². The van der Waals surface area contributed by atoms with Crippen molar-refractivity contribution in [2.24, 2.45) is 0 Å². The molecule has 3 rings (SSSR count). The van der Waals surface area contributed by atoms with Crippen LogP contribution in [0.4, 0.5) is 10.8 Å². The molecule has 1 aromatic heterocycles. The number of amides is 1. The van der Waals surface area contributed by atoms with Crippen molar-refractivity contribution >= 4 is 39.8 Å². The molecule has 140 valence electrons. The molecule has 2 aromatic rings. The van der Waals surface area contributed by atoms with Crippen molar-refractivity contribution in [2.45, 2.75) is 37.1 Å². The molecule has 0 atom stereocenters. The summed E-state index contributed by atoms with van der Waals surface area (Å²) < 4.78 is 11.9. The number of thioether (sulfide) groups is 1. The molecule has 0 radical (unpaired) electrons. The van der Waals surface area contributed by atoms with Crippen molar-refractivity contribution in [3.63, 3.8) is 0 Å². The fraction of sp³-hybridized carbons (Fsp3) is 0.471. The van der Waals surface area contributed by atoms with Gasteiger partial charge in [0, 0.05) is 17.8 Å². The third kappa shape index (κ3) is 5.50. The van der Waals surface area contributed by atoms with Crippen LogP contribution in [0.5, 0.6) is 11.5 Å². The topological polar surface area (TPSA) is 85.4 Å². The van der Waals surface area contributed by atoms with E-state index in [-0.39, 0.29) is 11.7 Å². The maximum Gasteiger partial charge on any atom is 0.234 e. The number of aromatic nitrogens is 2. The number of anilines is 2. The van der Waals surface area contributed by atoms with Crippen LogP contribution in [0.3, 0.4) is 0 Å². The number of carbonyl (C=O) groups is 1. The first kappa shape index (κ1) is 18.8. The lowest BCUT2D eigenvalue weighted by Crippen LogP contribution is -2.14. The SMILES string of the molecule is CCOc1ccc(NC(=O)CSc2nnc(NC3CC3)s2)cc1OCC. The second-order valence-corrected chi connectivity index (χ2v) is 7.86. The number of hydrogen-bond donors (Lipinski definition) is 2. The highest BCUT2D eigenvalue weighted by Crippen LogP contribution is 2.32. The highest BCUT2D eigenvalue weighted by atomic mass is 32.2. The van der Waals surface area contributed by atoms with Crippen LogP contribution >= 0.6 is 23.1 Å². The van der Waals surface area contributed by atoms with Gasteiger partial charge in [0.2, 0.25) is 11.0 Å². The molecule has 0 spiro atoms. The predicted molar refractivity (Wildman–Crippen MR) is 105 cm³/mol. The molecular formula is C17H22N4O3S2. The van der Waals surface area contributed by atoms with Crippen LogP contribution in [0.1, 0.15) is 26.7 Å². The molecule has 9 heteroatoms. The summed E-state index contributed by atoms with van der Waals surface area (Å²) in [6.07, 6.45) is 2.38. The van der Waals surface area contributed by atoms with Crippen LogP contribution < -0.4 is 20.1 Å². The first-order valence-electron chi connectivity index (χ1n) is 8.60. The van der Waals surface area contributed by atoms with Crippen molar-refractivity contribution < 1.29 is 14.3 Å². The van der Waals surface area contributed by atoms with Gasteiger partial charge >= 0.3 is 0 Å². The highest BCUT2D eigenvalue weighted by Gasteiger charge is 2.22. The van der Waals surface area contributed by atoms with Gasteiger partial charge in [-0.1, -0.05) is 23.1 Å². The molecule has 0 bridgehead atoms. The zero-order chi connectivity index (χ0) is 18.4. The predicted octanol–water partition coefficient (Wildman–Crippen LogP) is 3.64. The lowest BCUT2D eigenvalue weighted by atomic mass is 10.2. The van der Waals surface area contributed by atoms with Gasteiger partial charge in [0.1, 0.15) is 0 Å². The van der Waals surface area contributed by atoms with Gasteiger partial charge < -0.3 is 20.1 Å². The van der Waals surface area contributed by atoms with Crippen molar-refractivity contribution in [1.29, 1.82) is 0 Å². The molecule has 7 nitrogen and oxygen atoms in total. The van der Waals surface area contributed by atoms with Crippen LogP contribution in [0.15, 0.2) is 22.5 Å². The van der Waals surface area contributed by atoms with E-state index >= 15 is 0 Å². The second-order valence-electron chi connectivity index (χ2n) is 5.66. The van der Waals surface area contributed by atoms with Gasteiger partial charge in [-0.15, -0.1) is 10.2 Å². The molecule has 1 aliphatic carbocycles. The van der Waals surface area contributed by atoms with Gasteiger partial charge in [0.05, 0.1) is 19.0 Å². The summed E-state index contributed by atoms with van der Waals surface area (Å²) in [5.74, 6) is 1.47. The fourth-order valence-corrected chi connectivity index (χ4v) is 3.81. The first-order chi connectivity index (χ1) is 12.7. The molecule has 1 fully saturated rings. The Bertz CT molecular complexity index is 749.